The first-order valence-corrected chi connectivity index (χ1v) is 10.2. The first-order valence-electron chi connectivity index (χ1n) is 10.2. The summed E-state index contributed by atoms with van der Waals surface area (Å²) >= 11 is 0. The zero-order chi connectivity index (χ0) is 23.1. The van der Waals surface area contributed by atoms with Crippen molar-refractivity contribution in [1.29, 1.82) is 0 Å². The molecule has 0 spiro atoms. The molecule has 0 aliphatic carbocycles. The van der Waals surface area contributed by atoms with Crippen LogP contribution in [0, 0.1) is 5.82 Å². The van der Waals surface area contributed by atoms with Gasteiger partial charge in [0, 0.05) is 23.3 Å². The number of benzene rings is 3. The van der Waals surface area contributed by atoms with Crippen LogP contribution in [0.5, 0.6) is 5.75 Å². The van der Waals surface area contributed by atoms with E-state index < -0.39 is 11.7 Å². The molecule has 5 rings (SSSR count). The van der Waals surface area contributed by atoms with Crippen molar-refractivity contribution in [2.75, 3.05) is 12.4 Å². The summed E-state index contributed by atoms with van der Waals surface area (Å²) in [6.45, 7) is 0. The van der Waals surface area contributed by atoms with Gasteiger partial charge in [0.2, 0.25) is 0 Å². The zero-order valence-corrected chi connectivity index (χ0v) is 17.9. The van der Waals surface area contributed by atoms with Crippen molar-refractivity contribution in [3.63, 3.8) is 0 Å². The predicted molar refractivity (Wildman–Crippen MR) is 125 cm³/mol. The van der Waals surface area contributed by atoms with Crippen molar-refractivity contribution >= 4 is 33.4 Å². The molecule has 0 aliphatic heterocycles. The number of nitrogens with zero attached hydrogens (tertiary/aromatic N) is 3. The number of aryl methyl sites for hydroxylation is 1. The molecule has 8 heteroatoms. The van der Waals surface area contributed by atoms with E-state index in [1.54, 1.807) is 49.1 Å². The van der Waals surface area contributed by atoms with Gasteiger partial charge in [0.25, 0.3) is 11.5 Å². The number of rotatable bonds is 4. The molecule has 164 valence electrons. The number of methoxy groups -OCH3 is 1. The van der Waals surface area contributed by atoms with Gasteiger partial charge in [-0.15, -0.1) is 0 Å². The number of ether oxygens (including phenoxy) is 1. The summed E-state index contributed by atoms with van der Waals surface area (Å²) in [7, 11) is 3.31. The van der Waals surface area contributed by atoms with E-state index in [1.165, 1.54) is 22.9 Å². The normalized spacial score (nSPS) is 11.1. The summed E-state index contributed by atoms with van der Waals surface area (Å²) < 4.78 is 22.3. The molecule has 1 amide bonds. The van der Waals surface area contributed by atoms with Gasteiger partial charge in [0.1, 0.15) is 17.1 Å². The Morgan fingerprint density at radius 3 is 2.42 bits per heavy atom. The van der Waals surface area contributed by atoms with Gasteiger partial charge >= 0.3 is 0 Å². The maximum atomic E-state index is 14.2. The highest BCUT2D eigenvalue weighted by Gasteiger charge is 2.24. The van der Waals surface area contributed by atoms with Crippen molar-refractivity contribution < 1.29 is 13.9 Å². The molecule has 2 aromatic heterocycles. The number of hydrogen-bond donors (Lipinski definition) is 1. The molecule has 0 fully saturated rings. The molecular formula is C25H19FN4O3. The average molecular weight is 442 g/mol. The van der Waals surface area contributed by atoms with Crippen LogP contribution >= 0.6 is 0 Å². The fourth-order valence-corrected chi connectivity index (χ4v) is 3.98. The molecule has 0 saturated heterocycles. The maximum absolute atomic E-state index is 14.2. The first kappa shape index (κ1) is 20.4. The Morgan fingerprint density at radius 2 is 1.70 bits per heavy atom. The summed E-state index contributed by atoms with van der Waals surface area (Å²) in [6, 6.07) is 20.0. The van der Waals surface area contributed by atoms with Gasteiger partial charge in [-0.2, -0.15) is 9.78 Å². The molecule has 0 radical (unpaired) electrons. The monoisotopic (exact) mass is 442 g/mol. The smallest absolute Gasteiger partial charge is 0.296 e. The fraction of sp³-hybridized carbons (Fsp3) is 0.0800. The van der Waals surface area contributed by atoms with Crippen LogP contribution in [0.25, 0.3) is 27.5 Å². The first-order chi connectivity index (χ1) is 16.0. The lowest BCUT2D eigenvalue weighted by Gasteiger charge is -2.11. The van der Waals surface area contributed by atoms with E-state index in [1.807, 2.05) is 24.3 Å². The van der Waals surface area contributed by atoms with Crippen LogP contribution in [0.1, 0.15) is 10.5 Å². The van der Waals surface area contributed by atoms with E-state index >= 15 is 0 Å². The van der Waals surface area contributed by atoms with Gasteiger partial charge in [0.15, 0.2) is 5.69 Å². The molecule has 0 atom stereocenters. The number of hydrogen-bond acceptors (Lipinski definition) is 4. The molecule has 3 aromatic carbocycles. The minimum atomic E-state index is -0.622. The number of fused-ring (bicyclic) bond motifs is 3. The number of para-hydroxylation sites is 2. The Bertz CT molecular complexity index is 1590. The number of anilines is 1. The van der Waals surface area contributed by atoms with E-state index in [0.717, 1.165) is 5.52 Å². The van der Waals surface area contributed by atoms with Crippen molar-refractivity contribution in [1.82, 2.24) is 14.3 Å². The third kappa shape index (κ3) is 3.32. The predicted octanol–water partition coefficient (Wildman–Crippen LogP) is 4.28. The molecule has 0 aliphatic rings. The Hall–Kier alpha value is -4.46. The zero-order valence-electron chi connectivity index (χ0n) is 17.9. The minimum absolute atomic E-state index is 0.0143. The van der Waals surface area contributed by atoms with Crippen LogP contribution in [-0.2, 0) is 7.05 Å². The van der Waals surface area contributed by atoms with Gasteiger partial charge in [-0.05, 0) is 42.5 Å². The molecule has 0 unspecified atom stereocenters. The van der Waals surface area contributed by atoms with Gasteiger partial charge in [-0.1, -0.05) is 30.3 Å². The van der Waals surface area contributed by atoms with Gasteiger partial charge in [-0.25, -0.2) is 4.39 Å². The van der Waals surface area contributed by atoms with Gasteiger partial charge in [0.05, 0.1) is 18.5 Å². The lowest BCUT2D eigenvalue weighted by molar-refractivity contribution is 0.102. The van der Waals surface area contributed by atoms with E-state index in [9.17, 15) is 14.0 Å². The van der Waals surface area contributed by atoms with E-state index in [4.69, 9.17) is 4.74 Å². The molecule has 2 heterocycles. The van der Waals surface area contributed by atoms with Crippen molar-refractivity contribution in [3.8, 4) is 11.4 Å². The SMILES string of the molecule is COc1ccc(-n2nc(C(=O)Nc3ccccc3F)c3c4ccccc4n(C)c3c2=O)cc1. The Morgan fingerprint density at radius 1 is 1.00 bits per heavy atom. The molecule has 0 bridgehead atoms. The minimum Gasteiger partial charge on any atom is -0.497 e. The molecule has 1 N–H and O–H groups in total. The van der Waals surface area contributed by atoms with Crippen LogP contribution in [0.4, 0.5) is 10.1 Å². The van der Waals surface area contributed by atoms with E-state index in [-0.39, 0.29) is 16.9 Å². The van der Waals surface area contributed by atoms with Crippen LogP contribution < -0.4 is 15.6 Å². The number of halogens is 1. The number of carbonyl (C=O) groups excluding carboxylic acids is 1. The second kappa shape index (κ2) is 7.90. The van der Waals surface area contributed by atoms with Gasteiger partial charge < -0.3 is 14.6 Å². The van der Waals surface area contributed by atoms with Crippen molar-refractivity contribution in [2.24, 2.45) is 7.05 Å². The second-order valence-electron chi connectivity index (χ2n) is 7.50. The summed E-state index contributed by atoms with van der Waals surface area (Å²) in [4.78, 5) is 26.9. The molecular weight excluding hydrogens is 423 g/mol. The van der Waals surface area contributed by atoms with Crippen molar-refractivity contribution in [3.05, 3.63) is 94.7 Å². The van der Waals surface area contributed by atoms with Crippen LogP contribution in [-0.4, -0.2) is 27.4 Å². The van der Waals surface area contributed by atoms with Gasteiger partial charge in [-0.3, -0.25) is 9.59 Å². The third-order valence-corrected chi connectivity index (χ3v) is 5.59. The molecule has 33 heavy (non-hydrogen) atoms. The number of nitrogens with one attached hydrogen (secondary N) is 1. The average Bonchev–Trinajstić information content (AvgIpc) is 3.14. The molecule has 5 aromatic rings. The maximum Gasteiger partial charge on any atom is 0.296 e. The fourth-order valence-electron chi connectivity index (χ4n) is 3.98. The summed E-state index contributed by atoms with van der Waals surface area (Å²) in [5.74, 6) is -0.567. The number of aromatic nitrogens is 3. The van der Waals surface area contributed by atoms with Crippen LogP contribution in [0.2, 0.25) is 0 Å². The second-order valence-corrected chi connectivity index (χ2v) is 7.50. The largest absolute Gasteiger partial charge is 0.497 e. The highest BCUT2D eigenvalue weighted by molar-refractivity contribution is 6.19. The van der Waals surface area contributed by atoms with E-state index in [2.05, 4.69) is 10.4 Å². The quantitative estimate of drug-likeness (QED) is 0.451. The Kier molecular flexibility index (Phi) is 4.90. The number of amides is 1. The summed E-state index contributed by atoms with van der Waals surface area (Å²) in [5.41, 5.74) is 1.23. The Labute approximate surface area is 187 Å². The number of carbonyl (C=O) groups is 1. The topological polar surface area (TPSA) is 78.2 Å². The molecule has 7 nitrogen and oxygen atoms in total. The van der Waals surface area contributed by atoms with Crippen LogP contribution in [0.15, 0.2) is 77.6 Å². The summed E-state index contributed by atoms with van der Waals surface area (Å²) in [5, 5.41) is 8.14. The standard InChI is InChI=1S/C25H19FN4O3/c1-29-20-10-6-3-7-17(20)21-22(24(31)27-19-9-5-4-8-18(19)26)28-30(25(32)23(21)29)15-11-13-16(33-2)14-12-15/h3-14H,1-2H3,(H,27,31). The van der Waals surface area contributed by atoms with E-state index in [0.29, 0.717) is 27.7 Å². The third-order valence-electron chi connectivity index (χ3n) is 5.59. The Balaban J connectivity index is 1.80. The van der Waals surface area contributed by atoms with Crippen molar-refractivity contribution in [2.45, 2.75) is 0 Å². The highest BCUT2D eigenvalue weighted by atomic mass is 19.1. The molecule has 0 saturated carbocycles. The highest BCUT2D eigenvalue weighted by Crippen LogP contribution is 2.29. The summed E-state index contributed by atoms with van der Waals surface area (Å²) in [6.07, 6.45) is 0. The lowest BCUT2D eigenvalue weighted by atomic mass is 10.1. The lowest BCUT2D eigenvalue weighted by Crippen LogP contribution is -2.27. The van der Waals surface area contributed by atoms with Crippen LogP contribution in [0.3, 0.4) is 0 Å².